The van der Waals surface area contributed by atoms with E-state index in [9.17, 15) is 0 Å². The first-order valence-corrected chi connectivity index (χ1v) is 11.1. The minimum absolute atomic E-state index is 0.235. The van der Waals surface area contributed by atoms with Crippen LogP contribution in [0.5, 0.6) is 5.75 Å². The highest BCUT2D eigenvalue weighted by Crippen LogP contribution is 2.40. The van der Waals surface area contributed by atoms with Crippen molar-refractivity contribution in [1.29, 1.82) is 0 Å². The molecule has 0 spiro atoms. The number of rotatable bonds is 5. The first-order chi connectivity index (χ1) is 14.6. The Bertz CT molecular complexity index is 930. The Balaban J connectivity index is 0.000000156. The van der Waals surface area contributed by atoms with Crippen LogP contribution in [0.2, 0.25) is 0 Å². The summed E-state index contributed by atoms with van der Waals surface area (Å²) < 4.78 is 5.68. The minimum Gasteiger partial charge on any atom is -0.491 e. The van der Waals surface area contributed by atoms with Gasteiger partial charge in [0.1, 0.15) is 5.75 Å². The normalized spacial score (nSPS) is 17.3. The van der Waals surface area contributed by atoms with Gasteiger partial charge in [0.15, 0.2) is 0 Å². The van der Waals surface area contributed by atoms with E-state index in [-0.39, 0.29) is 6.10 Å². The lowest BCUT2D eigenvalue weighted by atomic mass is 10.0. The maximum Gasteiger partial charge on any atom is 0.119 e. The number of likely N-dealkylation sites (N-methyl/N-ethyl adjacent to an activating group) is 1. The molecule has 2 aromatic rings. The van der Waals surface area contributed by atoms with E-state index in [1.165, 1.54) is 27.8 Å². The van der Waals surface area contributed by atoms with Crippen molar-refractivity contribution in [2.45, 2.75) is 32.9 Å². The van der Waals surface area contributed by atoms with Crippen LogP contribution in [0.3, 0.4) is 0 Å². The Hall–Kier alpha value is -2.62. The number of piperazine rings is 1. The SMILES string of the molecule is CCN1CCNCC1c1ccc(OC(C)C)cc1.c1ccc(-c2cc3cc-3c2)cc1. The van der Waals surface area contributed by atoms with Crippen LogP contribution in [0, 0.1) is 0 Å². The van der Waals surface area contributed by atoms with E-state index in [0.717, 1.165) is 31.9 Å². The van der Waals surface area contributed by atoms with Crippen LogP contribution in [0.15, 0.2) is 72.8 Å². The molecule has 0 bridgehead atoms. The third-order valence-corrected chi connectivity index (χ3v) is 5.69. The van der Waals surface area contributed by atoms with Gasteiger partial charge in [0.25, 0.3) is 0 Å². The lowest BCUT2D eigenvalue weighted by molar-refractivity contribution is 0.171. The van der Waals surface area contributed by atoms with Gasteiger partial charge in [-0.15, -0.1) is 0 Å². The molecular weight excluding hydrogens is 368 g/mol. The Labute approximate surface area is 180 Å². The fraction of sp³-hybridized carbons (Fsp3) is 0.333. The van der Waals surface area contributed by atoms with E-state index in [4.69, 9.17) is 4.74 Å². The molecule has 2 aromatic carbocycles. The van der Waals surface area contributed by atoms with Crippen molar-refractivity contribution in [3.8, 4) is 28.0 Å². The molecular formula is C27H32N2O. The van der Waals surface area contributed by atoms with Crippen molar-refractivity contribution in [3.63, 3.8) is 0 Å². The second kappa shape index (κ2) is 9.46. The Morgan fingerprint density at radius 2 is 1.53 bits per heavy atom. The summed E-state index contributed by atoms with van der Waals surface area (Å²) >= 11 is 0. The van der Waals surface area contributed by atoms with Gasteiger partial charge in [0.2, 0.25) is 0 Å². The molecule has 156 valence electrons. The van der Waals surface area contributed by atoms with E-state index >= 15 is 0 Å². The molecule has 1 atom stereocenters. The van der Waals surface area contributed by atoms with Gasteiger partial charge in [-0.05, 0) is 78.5 Å². The fourth-order valence-electron chi connectivity index (χ4n) is 4.05. The summed E-state index contributed by atoms with van der Waals surface area (Å²) in [7, 11) is 0. The highest BCUT2D eigenvalue weighted by molar-refractivity contribution is 5.89. The molecule has 3 heteroatoms. The summed E-state index contributed by atoms with van der Waals surface area (Å²) in [4.78, 5) is 2.52. The van der Waals surface area contributed by atoms with Crippen molar-refractivity contribution in [2.24, 2.45) is 0 Å². The molecule has 0 aromatic heterocycles. The highest BCUT2D eigenvalue weighted by atomic mass is 16.5. The number of nitrogens with one attached hydrogen (secondary N) is 1. The van der Waals surface area contributed by atoms with Gasteiger partial charge in [-0.1, -0.05) is 49.4 Å². The molecule has 2 aliphatic carbocycles. The van der Waals surface area contributed by atoms with Crippen molar-refractivity contribution in [2.75, 3.05) is 26.2 Å². The minimum atomic E-state index is 0.235. The predicted molar refractivity (Wildman–Crippen MR) is 126 cm³/mol. The van der Waals surface area contributed by atoms with Gasteiger partial charge in [0.05, 0.1) is 6.10 Å². The van der Waals surface area contributed by atoms with Crippen molar-refractivity contribution in [3.05, 3.63) is 78.4 Å². The monoisotopic (exact) mass is 400 g/mol. The molecule has 3 nitrogen and oxygen atoms in total. The van der Waals surface area contributed by atoms with Crippen LogP contribution in [-0.2, 0) is 0 Å². The zero-order valence-electron chi connectivity index (χ0n) is 18.3. The van der Waals surface area contributed by atoms with Gasteiger partial charge >= 0.3 is 0 Å². The molecule has 1 unspecified atom stereocenters. The third-order valence-electron chi connectivity index (χ3n) is 5.69. The fourth-order valence-corrected chi connectivity index (χ4v) is 4.05. The molecule has 0 radical (unpaired) electrons. The highest BCUT2D eigenvalue weighted by Gasteiger charge is 2.22. The van der Waals surface area contributed by atoms with Gasteiger partial charge in [-0.2, -0.15) is 0 Å². The molecule has 1 N–H and O–H groups in total. The lowest BCUT2D eigenvalue weighted by Gasteiger charge is -2.35. The number of benzene rings is 3. The Kier molecular flexibility index (Phi) is 6.51. The number of ether oxygens (including phenoxy) is 1. The first kappa shape index (κ1) is 20.6. The topological polar surface area (TPSA) is 24.5 Å². The Morgan fingerprint density at radius 3 is 2.13 bits per heavy atom. The predicted octanol–water partition coefficient (Wildman–Crippen LogP) is 5.77. The molecule has 0 amide bonds. The van der Waals surface area contributed by atoms with E-state index in [0.29, 0.717) is 6.04 Å². The Morgan fingerprint density at radius 1 is 0.900 bits per heavy atom. The van der Waals surface area contributed by atoms with Crippen LogP contribution in [-0.4, -0.2) is 37.2 Å². The van der Waals surface area contributed by atoms with E-state index in [2.05, 4.69) is 97.7 Å². The molecule has 1 saturated heterocycles. The molecule has 1 aliphatic heterocycles. The molecule has 30 heavy (non-hydrogen) atoms. The lowest BCUT2D eigenvalue weighted by Crippen LogP contribution is -2.45. The van der Waals surface area contributed by atoms with E-state index in [1.54, 1.807) is 0 Å². The van der Waals surface area contributed by atoms with Gasteiger partial charge in [0, 0.05) is 25.7 Å². The van der Waals surface area contributed by atoms with E-state index < -0.39 is 0 Å². The molecule has 1 fully saturated rings. The smallest absolute Gasteiger partial charge is 0.119 e. The first-order valence-electron chi connectivity index (χ1n) is 11.1. The number of hydrogen-bond donors (Lipinski definition) is 1. The molecule has 5 rings (SSSR count). The average molecular weight is 401 g/mol. The molecule has 3 aliphatic rings. The maximum absolute atomic E-state index is 5.68. The largest absolute Gasteiger partial charge is 0.491 e. The summed E-state index contributed by atoms with van der Waals surface area (Å²) in [6, 6.07) is 26.2. The van der Waals surface area contributed by atoms with Crippen molar-refractivity contribution in [1.82, 2.24) is 10.2 Å². The van der Waals surface area contributed by atoms with Crippen LogP contribution in [0.4, 0.5) is 0 Å². The molecule has 1 heterocycles. The standard InChI is InChI=1S/C15H24N2O.C12H8/c1-4-17-10-9-16-11-15(17)13-5-7-14(8-6-13)18-12(2)3;1-2-4-9(5-3-1)10-6-11-8-12(11)7-10/h5-8,12,15-16H,4,9-11H2,1-3H3;1-8H. The maximum atomic E-state index is 5.68. The zero-order chi connectivity index (χ0) is 20.9. The summed E-state index contributed by atoms with van der Waals surface area (Å²) in [5.74, 6) is 0.959. The quantitative estimate of drug-likeness (QED) is 0.460. The van der Waals surface area contributed by atoms with E-state index in [1.807, 2.05) is 6.07 Å². The van der Waals surface area contributed by atoms with Crippen LogP contribution >= 0.6 is 0 Å². The van der Waals surface area contributed by atoms with Gasteiger partial charge in [-0.3, -0.25) is 4.90 Å². The van der Waals surface area contributed by atoms with Crippen LogP contribution < -0.4 is 10.1 Å². The second-order valence-corrected chi connectivity index (χ2v) is 8.25. The second-order valence-electron chi connectivity index (χ2n) is 8.25. The van der Waals surface area contributed by atoms with Crippen molar-refractivity contribution >= 4 is 0 Å². The summed E-state index contributed by atoms with van der Waals surface area (Å²) in [5, 5.41) is 3.47. The summed E-state index contributed by atoms with van der Waals surface area (Å²) in [6.07, 6.45) is 0.235. The van der Waals surface area contributed by atoms with Crippen molar-refractivity contribution < 1.29 is 4.74 Å². The van der Waals surface area contributed by atoms with Crippen LogP contribution in [0.25, 0.3) is 22.3 Å². The average Bonchev–Trinajstić information content (AvgIpc) is 3.40. The van der Waals surface area contributed by atoms with Gasteiger partial charge < -0.3 is 10.1 Å². The molecule has 0 saturated carbocycles. The van der Waals surface area contributed by atoms with Crippen LogP contribution in [0.1, 0.15) is 32.4 Å². The number of nitrogens with zero attached hydrogens (tertiary/aromatic N) is 1. The number of hydrogen-bond acceptors (Lipinski definition) is 3. The zero-order valence-corrected chi connectivity index (χ0v) is 18.3. The van der Waals surface area contributed by atoms with Gasteiger partial charge in [-0.25, -0.2) is 0 Å². The summed E-state index contributed by atoms with van der Waals surface area (Å²) in [5.41, 5.74) is 6.86. The number of fused-ring (bicyclic) bond motifs is 1. The third kappa shape index (κ3) is 5.10. The summed E-state index contributed by atoms with van der Waals surface area (Å²) in [6.45, 7) is 10.7.